The maximum Gasteiger partial charge on any atom is 0.262 e. The lowest BCUT2D eigenvalue weighted by molar-refractivity contribution is -0.136. The Balaban J connectivity index is 1.26. The Hall–Kier alpha value is -3.01. The van der Waals surface area contributed by atoms with Gasteiger partial charge < -0.3 is 4.90 Å². The third kappa shape index (κ3) is 4.04. The van der Waals surface area contributed by atoms with E-state index in [4.69, 9.17) is 23.2 Å². The number of anilines is 1. The van der Waals surface area contributed by atoms with Crippen molar-refractivity contribution in [2.45, 2.75) is 25.4 Å². The highest BCUT2D eigenvalue weighted by atomic mass is 35.5. The van der Waals surface area contributed by atoms with Gasteiger partial charge in [-0.25, -0.2) is 4.98 Å². The second kappa shape index (κ2) is 8.98. The first-order valence-electron chi connectivity index (χ1n) is 11.0. The number of nitrogens with zero attached hydrogens (tertiary/aromatic N) is 4. The Morgan fingerprint density at radius 3 is 2.44 bits per heavy atom. The summed E-state index contributed by atoms with van der Waals surface area (Å²) in [7, 11) is 0. The van der Waals surface area contributed by atoms with Crippen LogP contribution in [0.1, 0.15) is 39.1 Å². The first-order valence-corrected chi connectivity index (χ1v) is 11.7. The van der Waals surface area contributed by atoms with Gasteiger partial charge in [-0.2, -0.15) is 0 Å². The average molecular weight is 502 g/mol. The zero-order valence-electron chi connectivity index (χ0n) is 18.1. The molecule has 2 aromatic rings. The molecule has 2 fully saturated rings. The van der Waals surface area contributed by atoms with Gasteiger partial charge in [-0.05, 0) is 30.2 Å². The van der Waals surface area contributed by atoms with E-state index in [1.807, 2.05) is 12.1 Å². The number of pyridine rings is 1. The van der Waals surface area contributed by atoms with Gasteiger partial charge in [0.05, 0.1) is 16.8 Å². The lowest BCUT2D eigenvalue weighted by Crippen LogP contribution is -2.54. The number of halogens is 2. The monoisotopic (exact) mass is 501 g/mol. The lowest BCUT2D eigenvalue weighted by atomic mass is 10.0. The summed E-state index contributed by atoms with van der Waals surface area (Å²) in [6, 6.07) is 6.10. The minimum atomic E-state index is -0.963. The van der Waals surface area contributed by atoms with Crippen molar-refractivity contribution in [1.82, 2.24) is 20.1 Å². The SMILES string of the molecule is O=C1CCC(N2C(=O)c3ccc(CN4CCN(c5ccnc(Cl)c5Cl)CC4)cc3C2=O)C(=O)N1. The Morgan fingerprint density at radius 1 is 0.971 bits per heavy atom. The van der Waals surface area contributed by atoms with E-state index in [0.717, 1.165) is 42.3 Å². The van der Waals surface area contributed by atoms with E-state index in [0.29, 0.717) is 17.1 Å². The molecule has 0 aliphatic carbocycles. The molecule has 34 heavy (non-hydrogen) atoms. The number of piperazine rings is 1. The molecule has 1 aromatic carbocycles. The molecule has 3 aliphatic rings. The molecule has 9 nitrogen and oxygen atoms in total. The van der Waals surface area contributed by atoms with Gasteiger partial charge in [-0.3, -0.25) is 34.3 Å². The third-order valence-corrected chi connectivity index (χ3v) is 7.21. The summed E-state index contributed by atoms with van der Waals surface area (Å²) >= 11 is 12.3. The van der Waals surface area contributed by atoms with Crippen molar-refractivity contribution in [2.75, 3.05) is 31.1 Å². The maximum atomic E-state index is 13.0. The molecule has 0 radical (unpaired) electrons. The second-order valence-corrected chi connectivity index (χ2v) is 9.26. The van der Waals surface area contributed by atoms with Crippen LogP contribution in [0, 0.1) is 0 Å². The smallest absolute Gasteiger partial charge is 0.262 e. The topological polar surface area (TPSA) is 103 Å². The van der Waals surface area contributed by atoms with Crippen LogP contribution in [0.2, 0.25) is 10.2 Å². The number of rotatable bonds is 4. The number of piperidine rings is 1. The van der Waals surface area contributed by atoms with Crippen LogP contribution in [0.15, 0.2) is 30.5 Å². The van der Waals surface area contributed by atoms with E-state index < -0.39 is 29.7 Å². The molecule has 1 unspecified atom stereocenters. The molecule has 2 saturated heterocycles. The standard InChI is InChI=1S/C23H21Cl2N5O4/c24-19-16(5-6-26-20(19)25)29-9-7-28(8-10-29)12-13-1-2-14-15(11-13)23(34)30(22(14)33)17-3-4-18(31)27-21(17)32/h1-2,5-6,11,17H,3-4,7-10,12H2,(H,27,31,32). The number of hydrogen-bond donors (Lipinski definition) is 1. The van der Waals surface area contributed by atoms with Crippen molar-refractivity contribution in [1.29, 1.82) is 0 Å². The zero-order valence-corrected chi connectivity index (χ0v) is 19.6. The highest BCUT2D eigenvalue weighted by Crippen LogP contribution is 2.32. The van der Waals surface area contributed by atoms with E-state index >= 15 is 0 Å². The maximum absolute atomic E-state index is 13.0. The molecular formula is C23H21Cl2N5O4. The van der Waals surface area contributed by atoms with Gasteiger partial charge in [-0.1, -0.05) is 29.3 Å². The van der Waals surface area contributed by atoms with Crippen LogP contribution < -0.4 is 10.2 Å². The van der Waals surface area contributed by atoms with Gasteiger partial charge in [0.25, 0.3) is 11.8 Å². The molecule has 1 atom stereocenters. The highest BCUT2D eigenvalue weighted by molar-refractivity contribution is 6.43. The molecule has 4 amide bonds. The fraction of sp³-hybridized carbons (Fsp3) is 0.348. The number of amides is 4. The minimum absolute atomic E-state index is 0.0952. The molecule has 176 valence electrons. The summed E-state index contributed by atoms with van der Waals surface area (Å²) in [4.78, 5) is 58.9. The quantitative estimate of drug-likeness (QED) is 0.505. The zero-order chi connectivity index (χ0) is 24.0. The van der Waals surface area contributed by atoms with Gasteiger partial charge >= 0.3 is 0 Å². The largest absolute Gasteiger partial charge is 0.368 e. The summed E-state index contributed by atoms with van der Waals surface area (Å²) in [6.45, 7) is 3.69. The first-order chi connectivity index (χ1) is 16.3. The van der Waals surface area contributed by atoms with Gasteiger partial charge in [0.1, 0.15) is 16.2 Å². The van der Waals surface area contributed by atoms with Crippen LogP contribution in [0.25, 0.3) is 0 Å². The number of benzene rings is 1. The molecule has 1 N–H and O–H groups in total. The summed E-state index contributed by atoms with van der Waals surface area (Å²) in [5, 5.41) is 2.93. The lowest BCUT2D eigenvalue weighted by Gasteiger charge is -2.36. The molecule has 11 heteroatoms. The molecule has 0 bridgehead atoms. The van der Waals surface area contributed by atoms with E-state index in [9.17, 15) is 19.2 Å². The Bertz CT molecular complexity index is 1210. The van der Waals surface area contributed by atoms with Crippen molar-refractivity contribution in [3.05, 3.63) is 57.3 Å². The second-order valence-electron chi connectivity index (χ2n) is 8.53. The van der Waals surface area contributed by atoms with Crippen LogP contribution in [-0.4, -0.2) is 70.6 Å². The van der Waals surface area contributed by atoms with Crippen LogP contribution in [0.3, 0.4) is 0 Å². The Labute approximate surface area is 205 Å². The van der Waals surface area contributed by atoms with Crippen molar-refractivity contribution in [3.8, 4) is 0 Å². The molecule has 1 aromatic heterocycles. The van der Waals surface area contributed by atoms with E-state index in [2.05, 4.69) is 20.1 Å². The number of imide groups is 2. The predicted molar refractivity (Wildman–Crippen MR) is 125 cm³/mol. The van der Waals surface area contributed by atoms with Gasteiger partial charge in [-0.15, -0.1) is 0 Å². The molecule has 4 heterocycles. The number of fused-ring (bicyclic) bond motifs is 1. The number of carbonyl (C=O) groups is 4. The van der Waals surface area contributed by atoms with E-state index in [1.54, 1.807) is 18.3 Å². The number of carbonyl (C=O) groups excluding carboxylic acids is 4. The Morgan fingerprint density at radius 2 is 1.71 bits per heavy atom. The van der Waals surface area contributed by atoms with Crippen molar-refractivity contribution >= 4 is 52.5 Å². The molecule has 0 saturated carbocycles. The van der Waals surface area contributed by atoms with Crippen LogP contribution >= 0.6 is 23.2 Å². The minimum Gasteiger partial charge on any atom is -0.368 e. The fourth-order valence-corrected chi connectivity index (χ4v) is 5.06. The van der Waals surface area contributed by atoms with Crippen LogP contribution in [-0.2, 0) is 16.1 Å². The van der Waals surface area contributed by atoms with Crippen molar-refractivity contribution in [2.24, 2.45) is 0 Å². The van der Waals surface area contributed by atoms with Crippen LogP contribution in [0.5, 0.6) is 0 Å². The number of nitrogens with one attached hydrogen (secondary N) is 1. The molecule has 3 aliphatic heterocycles. The van der Waals surface area contributed by atoms with Gasteiger partial charge in [0.2, 0.25) is 11.8 Å². The summed E-state index contributed by atoms with van der Waals surface area (Å²) in [6.07, 6.45) is 1.87. The normalized spacial score (nSPS) is 21.2. The van der Waals surface area contributed by atoms with E-state index in [-0.39, 0.29) is 23.6 Å². The molecular weight excluding hydrogens is 481 g/mol. The predicted octanol–water partition coefficient (Wildman–Crippen LogP) is 2.11. The van der Waals surface area contributed by atoms with Crippen molar-refractivity contribution in [3.63, 3.8) is 0 Å². The summed E-state index contributed by atoms with van der Waals surface area (Å²) < 4.78 is 0. The summed E-state index contributed by atoms with van der Waals surface area (Å²) in [5.41, 5.74) is 2.34. The van der Waals surface area contributed by atoms with Gasteiger partial charge in [0.15, 0.2) is 0 Å². The third-order valence-electron chi connectivity index (χ3n) is 6.45. The average Bonchev–Trinajstić information content (AvgIpc) is 3.06. The Kier molecular flexibility index (Phi) is 6.01. The number of aromatic nitrogens is 1. The highest BCUT2D eigenvalue weighted by Gasteiger charge is 2.44. The first kappa shape index (κ1) is 22.8. The number of hydrogen-bond acceptors (Lipinski definition) is 7. The van der Waals surface area contributed by atoms with Crippen molar-refractivity contribution < 1.29 is 19.2 Å². The molecule has 0 spiro atoms. The fourth-order valence-electron chi connectivity index (χ4n) is 4.67. The van der Waals surface area contributed by atoms with Gasteiger partial charge in [0, 0.05) is 45.3 Å². The van der Waals surface area contributed by atoms with E-state index in [1.165, 1.54) is 0 Å². The molecule has 5 rings (SSSR count). The summed E-state index contributed by atoms with van der Waals surface area (Å²) in [5.74, 6) is -2.00. The van der Waals surface area contributed by atoms with Crippen LogP contribution in [0.4, 0.5) is 5.69 Å².